The van der Waals surface area contributed by atoms with Gasteiger partial charge < -0.3 is 9.32 Å². The molecule has 9 aromatic carbocycles. The molecule has 248 valence electrons. The summed E-state index contributed by atoms with van der Waals surface area (Å²) in [7, 11) is 0. The molecule has 0 saturated carbocycles. The minimum atomic E-state index is -0.443. The molecule has 0 spiro atoms. The third-order valence-electron chi connectivity index (χ3n) is 11.3. The molecule has 1 aliphatic rings. The summed E-state index contributed by atoms with van der Waals surface area (Å²) in [5, 5.41) is 7.33. The lowest BCUT2D eigenvalue weighted by atomic mass is 9.67. The van der Waals surface area contributed by atoms with Crippen molar-refractivity contribution in [1.29, 1.82) is 0 Å². The molecule has 53 heavy (non-hydrogen) atoms. The van der Waals surface area contributed by atoms with E-state index in [9.17, 15) is 0 Å². The number of anilines is 3. The fourth-order valence-electron chi connectivity index (χ4n) is 9.04. The first kappa shape index (κ1) is 29.8. The predicted octanol–water partition coefficient (Wildman–Crippen LogP) is 13.7. The van der Waals surface area contributed by atoms with Crippen LogP contribution in [0.5, 0.6) is 0 Å². The predicted molar refractivity (Wildman–Crippen MR) is 221 cm³/mol. The first-order valence-electron chi connectivity index (χ1n) is 18.3. The highest BCUT2D eigenvalue weighted by Crippen LogP contribution is 2.56. The maximum Gasteiger partial charge on any atom is 0.135 e. The molecular formula is C51H33NO. The van der Waals surface area contributed by atoms with Crippen LogP contribution in [0.1, 0.15) is 22.3 Å². The maximum absolute atomic E-state index is 6.34. The van der Waals surface area contributed by atoms with Crippen molar-refractivity contribution in [3.05, 3.63) is 222 Å². The second kappa shape index (κ2) is 11.6. The molecule has 0 unspecified atom stereocenters. The molecule has 0 aliphatic heterocycles. The highest BCUT2D eigenvalue weighted by atomic mass is 16.3. The molecule has 0 fully saturated rings. The number of hydrogen-bond acceptors (Lipinski definition) is 2. The molecule has 0 bridgehead atoms. The summed E-state index contributed by atoms with van der Waals surface area (Å²) >= 11 is 0. The summed E-state index contributed by atoms with van der Waals surface area (Å²) in [6.45, 7) is 0. The van der Waals surface area contributed by atoms with Crippen LogP contribution in [0.25, 0.3) is 54.6 Å². The van der Waals surface area contributed by atoms with E-state index in [1.165, 1.54) is 65.7 Å². The Hall–Kier alpha value is -6.90. The van der Waals surface area contributed by atoms with Gasteiger partial charge in [-0.1, -0.05) is 164 Å². The van der Waals surface area contributed by atoms with Crippen LogP contribution in [0.3, 0.4) is 0 Å². The van der Waals surface area contributed by atoms with Crippen LogP contribution in [-0.4, -0.2) is 0 Å². The SMILES string of the molecule is c1ccc(C2(c3ccc(-c4ccc(N(c5cccc6ccccc56)c5cccc6ccccc56)cc4)cc3)c3cccc4oc5cccc2c5c34)cc1. The summed E-state index contributed by atoms with van der Waals surface area (Å²) in [4.78, 5) is 2.41. The largest absolute Gasteiger partial charge is 0.456 e. The van der Waals surface area contributed by atoms with Crippen molar-refractivity contribution >= 4 is 60.5 Å². The summed E-state index contributed by atoms with van der Waals surface area (Å²) in [5.41, 5.74) is 12.3. The molecule has 2 nitrogen and oxygen atoms in total. The first-order valence-corrected chi connectivity index (χ1v) is 18.3. The van der Waals surface area contributed by atoms with Crippen LogP contribution < -0.4 is 4.90 Å². The van der Waals surface area contributed by atoms with Gasteiger partial charge in [-0.2, -0.15) is 0 Å². The van der Waals surface area contributed by atoms with Crippen molar-refractivity contribution < 1.29 is 4.42 Å². The number of hydrogen-bond donors (Lipinski definition) is 0. The van der Waals surface area contributed by atoms with Gasteiger partial charge in [0.05, 0.1) is 16.8 Å². The van der Waals surface area contributed by atoms with Gasteiger partial charge in [0.15, 0.2) is 0 Å². The third-order valence-corrected chi connectivity index (χ3v) is 11.3. The standard InChI is InChI=1S/C51H33NO/c1-2-16-38(17-3-1)51(43-20-10-24-47-49(43)50-44(51)21-11-25-48(50)53-47)39-30-26-34(27-31-39)35-28-32-40(33-29-35)52(45-22-8-14-36-12-4-6-18-41(36)45)46-23-9-15-37-13-5-7-19-42(37)46/h1-33H. The molecule has 0 amide bonds. The topological polar surface area (TPSA) is 16.4 Å². The van der Waals surface area contributed by atoms with Crippen LogP contribution in [0.15, 0.2) is 205 Å². The number of fused-ring (bicyclic) bond motifs is 2. The molecule has 10 aromatic rings. The van der Waals surface area contributed by atoms with E-state index in [1.807, 2.05) is 0 Å². The Bertz CT molecular complexity index is 2840. The molecule has 2 heteroatoms. The first-order chi connectivity index (χ1) is 26.3. The average Bonchev–Trinajstić information content (AvgIpc) is 3.77. The minimum absolute atomic E-state index is 0.443. The van der Waals surface area contributed by atoms with Gasteiger partial charge >= 0.3 is 0 Å². The van der Waals surface area contributed by atoms with Gasteiger partial charge in [-0.3, -0.25) is 0 Å². The molecule has 0 N–H and O–H groups in total. The van der Waals surface area contributed by atoms with E-state index in [2.05, 4.69) is 205 Å². The van der Waals surface area contributed by atoms with Gasteiger partial charge in [0.2, 0.25) is 0 Å². The van der Waals surface area contributed by atoms with Crippen LogP contribution in [0.2, 0.25) is 0 Å². The third kappa shape index (κ3) is 4.33. The lowest BCUT2D eigenvalue weighted by Gasteiger charge is -2.34. The second-order valence-electron chi connectivity index (χ2n) is 14.0. The van der Waals surface area contributed by atoms with Gasteiger partial charge in [0.1, 0.15) is 11.2 Å². The fraction of sp³-hybridized carbons (Fsp3) is 0.0196. The molecule has 0 saturated heterocycles. The maximum atomic E-state index is 6.34. The van der Waals surface area contributed by atoms with Gasteiger partial charge in [0, 0.05) is 27.2 Å². The Morgan fingerprint density at radius 3 is 1.38 bits per heavy atom. The summed E-state index contributed by atoms with van der Waals surface area (Å²) in [6.07, 6.45) is 0. The zero-order chi connectivity index (χ0) is 34.9. The van der Waals surface area contributed by atoms with Crippen LogP contribution in [0, 0.1) is 0 Å². The van der Waals surface area contributed by atoms with Crippen LogP contribution in [0.4, 0.5) is 17.1 Å². The Morgan fingerprint density at radius 1 is 0.358 bits per heavy atom. The molecule has 11 rings (SSSR count). The van der Waals surface area contributed by atoms with Crippen molar-refractivity contribution in [2.24, 2.45) is 0 Å². The van der Waals surface area contributed by atoms with E-state index in [1.54, 1.807) is 0 Å². The van der Waals surface area contributed by atoms with Gasteiger partial charge in [-0.25, -0.2) is 0 Å². The van der Waals surface area contributed by atoms with Crippen molar-refractivity contribution in [3.63, 3.8) is 0 Å². The van der Waals surface area contributed by atoms with Crippen molar-refractivity contribution in [3.8, 4) is 11.1 Å². The van der Waals surface area contributed by atoms with Crippen molar-refractivity contribution in [1.82, 2.24) is 0 Å². The summed E-state index contributed by atoms with van der Waals surface area (Å²) < 4.78 is 6.34. The Kier molecular flexibility index (Phi) is 6.50. The normalized spacial score (nSPS) is 13.1. The van der Waals surface area contributed by atoms with Crippen molar-refractivity contribution in [2.45, 2.75) is 5.41 Å². The van der Waals surface area contributed by atoms with E-state index in [0.717, 1.165) is 28.2 Å². The lowest BCUT2D eigenvalue weighted by Crippen LogP contribution is -2.28. The molecule has 1 heterocycles. The Morgan fingerprint density at radius 2 is 0.811 bits per heavy atom. The van der Waals surface area contributed by atoms with Crippen LogP contribution >= 0.6 is 0 Å². The smallest absolute Gasteiger partial charge is 0.135 e. The van der Waals surface area contributed by atoms with E-state index >= 15 is 0 Å². The summed E-state index contributed by atoms with van der Waals surface area (Å²) in [6, 6.07) is 72.7. The monoisotopic (exact) mass is 675 g/mol. The zero-order valence-corrected chi connectivity index (χ0v) is 28.9. The zero-order valence-electron chi connectivity index (χ0n) is 28.9. The van der Waals surface area contributed by atoms with E-state index < -0.39 is 5.41 Å². The van der Waals surface area contributed by atoms with E-state index in [4.69, 9.17) is 4.42 Å². The molecule has 0 atom stereocenters. The highest BCUT2D eigenvalue weighted by Gasteiger charge is 2.46. The van der Waals surface area contributed by atoms with E-state index in [0.29, 0.717) is 0 Å². The fourth-order valence-corrected chi connectivity index (χ4v) is 9.04. The van der Waals surface area contributed by atoms with Gasteiger partial charge in [-0.15, -0.1) is 0 Å². The minimum Gasteiger partial charge on any atom is -0.456 e. The molecule has 0 radical (unpaired) electrons. The Balaban J connectivity index is 1.03. The number of nitrogens with zero attached hydrogens (tertiary/aromatic N) is 1. The molecule has 1 aliphatic carbocycles. The number of rotatable bonds is 6. The van der Waals surface area contributed by atoms with Crippen LogP contribution in [-0.2, 0) is 5.41 Å². The molecular weight excluding hydrogens is 643 g/mol. The lowest BCUT2D eigenvalue weighted by molar-refractivity contribution is 0.663. The second-order valence-corrected chi connectivity index (χ2v) is 14.0. The quantitative estimate of drug-likeness (QED) is 0.174. The Labute approximate surface area is 307 Å². The summed E-state index contributed by atoms with van der Waals surface area (Å²) in [5.74, 6) is 0. The van der Waals surface area contributed by atoms with Gasteiger partial charge in [-0.05, 0) is 80.6 Å². The average molecular weight is 676 g/mol. The number of benzene rings is 9. The molecule has 1 aromatic heterocycles. The highest BCUT2D eigenvalue weighted by molar-refractivity contribution is 6.14. The number of furan rings is 1. The van der Waals surface area contributed by atoms with Gasteiger partial charge in [0.25, 0.3) is 0 Å². The van der Waals surface area contributed by atoms with E-state index in [-0.39, 0.29) is 0 Å². The van der Waals surface area contributed by atoms with Crippen molar-refractivity contribution in [2.75, 3.05) is 4.90 Å².